The van der Waals surface area contributed by atoms with Crippen molar-refractivity contribution in [3.05, 3.63) is 18.3 Å². The van der Waals surface area contributed by atoms with Crippen molar-refractivity contribution in [3.8, 4) is 0 Å². The minimum absolute atomic E-state index is 0.208. The Labute approximate surface area is 156 Å². The third-order valence-electron chi connectivity index (χ3n) is 7.01. The highest BCUT2D eigenvalue weighted by Gasteiger charge is 2.42. The first kappa shape index (κ1) is 17.7. The summed E-state index contributed by atoms with van der Waals surface area (Å²) in [7, 11) is 2.08. The standard InChI is InChI=1S/C20H31N5O/c1-24(18-6-3-9-22-23-18)17-7-10-25(11-8-17)20(26)16-12-14-4-2-5-15(13-16)19(14)21/h3,6,9,14-17,19H,2,4-5,7-8,10-13,21H2,1H3. The zero-order valence-electron chi connectivity index (χ0n) is 15.8. The van der Waals surface area contributed by atoms with Gasteiger partial charge in [-0.15, -0.1) is 5.10 Å². The van der Waals surface area contributed by atoms with Crippen LogP contribution in [0.4, 0.5) is 5.82 Å². The number of carbonyl (C=O) groups excluding carboxylic acids is 1. The highest BCUT2D eigenvalue weighted by atomic mass is 16.2. The number of rotatable bonds is 3. The van der Waals surface area contributed by atoms with Gasteiger partial charge < -0.3 is 15.5 Å². The second-order valence-electron chi connectivity index (χ2n) is 8.45. The number of aromatic nitrogens is 2. The fourth-order valence-electron chi connectivity index (χ4n) is 5.39. The van der Waals surface area contributed by atoms with Crippen molar-refractivity contribution < 1.29 is 4.79 Å². The lowest BCUT2D eigenvalue weighted by Gasteiger charge is -2.45. The van der Waals surface area contributed by atoms with Crippen LogP contribution < -0.4 is 10.6 Å². The van der Waals surface area contributed by atoms with Crippen LogP contribution in [0, 0.1) is 17.8 Å². The Hall–Kier alpha value is -1.69. The first-order chi connectivity index (χ1) is 12.6. The summed E-state index contributed by atoms with van der Waals surface area (Å²) in [6, 6.07) is 4.67. The summed E-state index contributed by atoms with van der Waals surface area (Å²) in [5.41, 5.74) is 6.39. The third-order valence-corrected chi connectivity index (χ3v) is 7.01. The van der Waals surface area contributed by atoms with Crippen LogP contribution in [-0.2, 0) is 4.79 Å². The summed E-state index contributed by atoms with van der Waals surface area (Å²) in [5, 5.41) is 8.18. The van der Waals surface area contributed by atoms with E-state index >= 15 is 0 Å². The van der Waals surface area contributed by atoms with Crippen LogP contribution in [0.25, 0.3) is 0 Å². The number of hydrogen-bond acceptors (Lipinski definition) is 5. The van der Waals surface area contributed by atoms with Crippen molar-refractivity contribution in [2.75, 3.05) is 25.0 Å². The van der Waals surface area contributed by atoms with Gasteiger partial charge in [0.1, 0.15) is 0 Å². The summed E-state index contributed by atoms with van der Waals surface area (Å²) >= 11 is 0. The Balaban J connectivity index is 1.32. The van der Waals surface area contributed by atoms with E-state index in [9.17, 15) is 4.79 Å². The summed E-state index contributed by atoms with van der Waals surface area (Å²) in [5.74, 6) is 2.63. The number of piperidine rings is 1. The summed E-state index contributed by atoms with van der Waals surface area (Å²) in [6.07, 6.45) is 9.44. The van der Waals surface area contributed by atoms with Crippen molar-refractivity contribution >= 4 is 11.7 Å². The van der Waals surface area contributed by atoms with Crippen molar-refractivity contribution in [1.29, 1.82) is 0 Å². The van der Waals surface area contributed by atoms with Crippen molar-refractivity contribution in [1.82, 2.24) is 15.1 Å². The smallest absolute Gasteiger partial charge is 0.225 e. The van der Waals surface area contributed by atoms with Crippen molar-refractivity contribution in [2.24, 2.45) is 23.5 Å². The molecule has 6 nitrogen and oxygen atoms in total. The molecule has 2 aliphatic carbocycles. The molecule has 3 fully saturated rings. The van der Waals surface area contributed by atoms with Gasteiger partial charge in [0.25, 0.3) is 0 Å². The number of hydrogen-bond donors (Lipinski definition) is 1. The molecule has 0 radical (unpaired) electrons. The molecule has 2 saturated carbocycles. The highest BCUT2D eigenvalue weighted by Crippen LogP contribution is 2.42. The normalized spacial score (nSPS) is 32.3. The topological polar surface area (TPSA) is 75.4 Å². The number of nitrogens with zero attached hydrogens (tertiary/aromatic N) is 4. The van der Waals surface area contributed by atoms with Crippen molar-refractivity contribution in [2.45, 2.75) is 57.0 Å². The van der Waals surface area contributed by atoms with E-state index in [1.165, 1.54) is 19.3 Å². The molecule has 1 amide bonds. The molecule has 2 heterocycles. The van der Waals surface area contributed by atoms with Gasteiger partial charge >= 0.3 is 0 Å². The molecular weight excluding hydrogens is 326 g/mol. The second-order valence-corrected chi connectivity index (χ2v) is 8.45. The van der Waals surface area contributed by atoms with Gasteiger partial charge in [-0.3, -0.25) is 4.79 Å². The fraction of sp³-hybridized carbons (Fsp3) is 0.750. The number of amides is 1. The van der Waals surface area contributed by atoms with E-state index in [4.69, 9.17) is 5.73 Å². The molecule has 142 valence electrons. The monoisotopic (exact) mass is 357 g/mol. The van der Waals surface area contributed by atoms with Gasteiger partial charge in [0.15, 0.2) is 5.82 Å². The largest absolute Gasteiger partial charge is 0.355 e. The molecule has 1 aliphatic heterocycles. The maximum Gasteiger partial charge on any atom is 0.225 e. The highest BCUT2D eigenvalue weighted by molar-refractivity contribution is 5.79. The van der Waals surface area contributed by atoms with E-state index in [0.29, 0.717) is 29.8 Å². The van der Waals surface area contributed by atoms with E-state index in [2.05, 4.69) is 27.0 Å². The Bertz CT molecular complexity index is 602. The number of likely N-dealkylation sites (tertiary alicyclic amines) is 1. The predicted octanol–water partition coefficient (Wildman–Crippen LogP) is 2.06. The average Bonchev–Trinajstić information content (AvgIpc) is 2.67. The molecule has 1 aromatic heterocycles. The van der Waals surface area contributed by atoms with E-state index in [-0.39, 0.29) is 5.92 Å². The van der Waals surface area contributed by atoms with E-state index in [0.717, 1.165) is 44.6 Å². The molecule has 1 saturated heterocycles. The lowest BCUT2D eigenvalue weighted by Crippen LogP contribution is -2.52. The zero-order chi connectivity index (χ0) is 18.1. The van der Waals surface area contributed by atoms with Gasteiger partial charge in [-0.25, -0.2) is 0 Å². The first-order valence-corrected chi connectivity index (χ1v) is 10.2. The van der Waals surface area contributed by atoms with E-state index in [1.54, 1.807) is 6.20 Å². The molecular formula is C20H31N5O. The van der Waals surface area contributed by atoms with Crippen LogP contribution in [0.2, 0.25) is 0 Å². The predicted molar refractivity (Wildman–Crippen MR) is 102 cm³/mol. The molecule has 0 aromatic carbocycles. The van der Waals surface area contributed by atoms with Crippen LogP contribution in [0.15, 0.2) is 18.3 Å². The zero-order valence-corrected chi connectivity index (χ0v) is 15.8. The maximum atomic E-state index is 13.1. The van der Waals surface area contributed by atoms with Crippen LogP contribution in [0.1, 0.15) is 44.9 Å². The van der Waals surface area contributed by atoms with Crippen molar-refractivity contribution in [3.63, 3.8) is 0 Å². The lowest BCUT2D eigenvalue weighted by atomic mass is 9.65. The lowest BCUT2D eigenvalue weighted by molar-refractivity contribution is -0.139. The molecule has 3 aliphatic rings. The molecule has 2 bridgehead atoms. The minimum atomic E-state index is 0.208. The number of nitrogens with two attached hydrogens (primary N) is 1. The Kier molecular flexibility index (Phi) is 5.11. The molecule has 26 heavy (non-hydrogen) atoms. The quantitative estimate of drug-likeness (QED) is 0.896. The number of carbonyl (C=O) groups is 1. The van der Waals surface area contributed by atoms with Crippen LogP contribution in [0.5, 0.6) is 0 Å². The molecule has 2 N–H and O–H groups in total. The van der Waals surface area contributed by atoms with Gasteiger partial charge in [-0.05, 0) is 62.5 Å². The molecule has 2 atom stereocenters. The SMILES string of the molecule is CN(c1cccnn1)C1CCN(C(=O)C2CC3CCCC(C2)C3N)CC1. The first-order valence-electron chi connectivity index (χ1n) is 10.2. The van der Waals surface area contributed by atoms with E-state index in [1.807, 2.05) is 12.1 Å². The Morgan fingerprint density at radius 3 is 2.50 bits per heavy atom. The van der Waals surface area contributed by atoms with Gasteiger partial charge in [-0.2, -0.15) is 5.10 Å². The summed E-state index contributed by atoms with van der Waals surface area (Å²) in [4.78, 5) is 17.4. The maximum absolute atomic E-state index is 13.1. The van der Waals surface area contributed by atoms with Gasteiger partial charge in [0.2, 0.25) is 5.91 Å². The number of fused-ring (bicyclic) bond motifs is 2. The Morgan fingerprint density at radius 1 is 1.19 bits per heavy atom. The molecule has 2 unspecified atom stereocenters. The molecule has 4 rings (SSSR count). The summed E-state index contributed by atoms with van der Waals surface area (Å²) in [6.45, 7) is 1.71. The molecule has 1 aromatic rings. The molecule has 6 heteroatoms. The van der Waals surface area contributed by atoms with Gasteiger partial charge in [-0.1, -0.05) is 6.42 Å². The molecule has 0 spiro atoms. The second kappa shape index (κ2) is 7.51. The minimum Gasteiger partial charge on any atom is -0.355 e. The number of anilines is 1. The average molecular weight is 358 g/mol. The summed E-state index contributed by atoms with van der Waals surface area (Å²) < 4.78 is 0. The van der Waals surface area contributed by atoms with Crippen LogP contribution in [0.3, 0.4) is 0 Å². The van der Waals surface area contributed by atoms with Crippen LogP contribution in [-0.4, -0.2) is 53.2 Å². The Morgan fingerprint density at radius 2 is 1.88 bits per heavy atom. The van der Waals surface area contributed by atoms with Gasteiger partial charge in [0, 0.05) is 44.3 Å². The van der Waals surface area contributed by atoms with Crippen LogP contribution >= 0.6 is 0 Å². The van der Waals surface area contributed by atoms with E-state index < -0.39 is 0 Å². The van der Waals surface area contributed by atoms with Gasteiger partial charge in [0.05, 0.1) is 0 Å². The third kappa shape index (κ3) is 3.43. The fourth-order valence-corrected chi connectivity index (χ4v) is 5.39.